The fourth-order valence-corrected chi connectivity index (χ4v) is 4.92. The summed E-state index contributed by atoms with van der Waals surface area (Å²) in [7, 11) is 2.14. The molecule has 1 amide bonds. The Morgan fingerprint density at radius 3 is 2.50 bits per heavy atom. The molecule has 1 atom stereocenters. The SMILES string of the molecule is CN1CCN(C(=O)[C@H]2CCCN(C3CCN(CCn4cncn4)CC3)C2)CC1. The number of likely N-dealkylation sites (tertiary alicyclic amines) is 2. The van der Waals surface area contributed by atoms with Gasteiger partial charge >= 0.3 is 0 Å². The molecule has 0 radical (unpaired) electrons. The summed E-state index contributed by atoms with van der Waals surface area (Å²) < 4.78 is 1.91. The number of piperidine rings is 2. The van der Waals surface area contributed by atoms with E-state index in [1.54, 1.807) is 12.7 Å². The average Bonchev–Trinajstić information content (AvgIpc) is 3.26. The third-order valence-electron chi connectivity index (χ3n) is 6.80. The second kappa shape index (κ2) is 9.33. The van der Waals surface area contributed by atoms with E-state index < -0.39 is 0 Å². The van der Waals surface area contributed by atoms with Gasteiger partial charge in [-0.1, -0.05) is 0 Å². The molecule has 3 fully saturated rings. The van der Waals surface area contributed by atoms with Crippen LogP contribution in [-0.2, 0) is 11.3 Å². The monoisotopic (exact) mass is 389 g/mol. The maximum atomic E-state index is 13.0. The standard InChI is InChI=1S/C20H35N7O/c1-23-9-12-25(13-10-23)20(28)18-3-2-6-26(15-18)19-4-7-24(8-5-19)11-14-27-17-21-16-22-27/h16-19H,2-15H2,1H3/t18-/m0/s1. The Bertz CT molecular complexity index is 606. The molecule has 4 heterocycles. The molecule has 0 bridgehead atoms. The predicted molar refractivity (Wildman–Crippen MR) is 108 cm³/mol. The van der Waals surface area contributed by atoms with E-state index in [1.165, 1.54) is 12.8 Å². The zero-order valence-corrected chi connectivity index (χ0v) is 17.2. The van der Waals surface area contributed by atoms with Crippen LogP contribution in [0.3, 0.4) is 0 Å². The summed E-state index contributed by atoms with van der Waals surface area (Å²) in [4.78, 5) is 26.6. The van der Waals surface area contributed by atoms with E-state index in [-0.39, 0.29) is 5.92 Å². The molecule has 1 aromatic heterocycles. The topological polar surface area (TPSA) is 60.7 Å². The molecule has 0 spiro atoms. The molecule has 28 heavy (non-hydrogen) atoms. The van der Waals surface area contributed by atoms with E-state index in [2.05, 4.69) is 36.7 Å². The largest absolute Gasteiger partial charge is 0.340 e. The van der Waals surface area contributed by atoms with Gasteiger partial charge in [-0.3, -0.25) is 14.4 Å². The molecule has 8 heteroatoms. The molecule has 0 aliphatic carbocycles. The van der Waals surface area contributed by atoms with Crippen molar-refractivity contribution in [1.29, 1.82) is 0 Å². The minimum absolute atomic E-state index is 0.211. The maximum Gasteiger partial charge on any atom is 0.227 e. The van der Waals surface area contributed by atoms with Crippen molar-refractivity contribution in [3.8, 4) is 0 Å². The van der Waals surface area contributed by atoms with Crippen molar-refractivity contribution >= 4 is 5.91 Å². The molecule has 4 rings (SSSR count). The van der Waals surface area contributed by atoms with Gasteiger partial charge in [-0.2, -0.15) is 5.10 Å². The van der Waals surface area contributed by atoms with Crippen molar-refractivity contribution in [2.45, 2.75) is 38.3 Å². The van der Waals surface area contributed by atoms with Crippen molar-refractivity contribution in [2.75, 3.05) is 66.0 Å². The summed E-state index contributed by atoms with van der Waals surface area (Å²) in [6.07, 6.45) is 8.05. The fourth-order valence-electron chi connectivity index (χ4n) is 4.92. The van der Waals surface area contributed by atoms with Crippen LogP contribution < -0.4 is 0 Å². The van der Waals surface area contributed by atoms with Gasteiger partial charge in [-0.25, -0.2) is 4.98 Å². The quantitative estimate of drug-likeness (QED) is 0.719. The van der Waals surface area contributed by atoms with Gasteiger partial charge in [0.1, 0.15) is 12.7 Å². The Labute approximate surface area is 168 Å². The number of hydrogen-bond acceptors (Lipinski definition) is 6. The van der Waals surface area contributed by atoms with Gasteiger partial charge in [0, 0.05) is 45.3 Å². The minimum atomic E-state index is 0.211. The first-order chi connectivity index (χ1) is 13.7. The molecular formula is C20H35N7O. The van der Waals surface area contributed by atoms with Gasteiger partial charge in [0.25, 0.3) is 0 Å². The molecule has 156 valence electrons. The first kappa shape index (κ1) is 19.8. The Morgan fingerprint density at radius 2 is 1.79 bits per heavy atom. The number of carbonyl (C=O) groups is 1. The lowest BCUT2D eigenvalue weighted by molar-refractivity contribution is -0.139. The van der Waals surface area contributed by atoms with E-state index in [9.17, 15) is 4.79 Å². The van der Waals surface area contributed by atoms with Gasteiger partial charge < -0.3 is 14.7 Å². The van der Waals surface area contributed by atoms with E-state index in [0.29, 0.717) is 11.9 Å². The lowest BCUT2D eigenvalue weighted by Gasteiger charge is -2.43. The third-order valence-corrected chi connectivity index (χ3v) is 6.80. The van der Waals surface area contributed by atoms with Crippen LogP contribution >= 0.6 is 0 Å². The number of aromatic nitrogens is 3. The summed E-state index contributed by atoms with van der Waals surface area (Å²) >= 11 is 0. The fraction of sp³-hybridized carbons (Fsp3) is 0.850. The van der Waals surface area contributed by atoms with E-state index >= 15 is 0 Å². The first-order valence-corrected chi connectivity index (χ1v) is 10.9. The van der Waals surface area contributed by atoms with Crippen LogP contribution in [0.2, 0.25) is 0 Å². The molecule has 8 nitrogen and oxygen atoms in total. The van der Waals surface area contributed by atoms with Crippen molar-refractivity contribution in [3.05, 3.63) is 12.7 Å². The number of rotatable bonds is 5. The highest BCUT2D eigenvalue weighted by Crippen LogP contribution is 2.25. The molecule has 3 saturated heterocycles. The Kier molecular flexibility index (Phi) is 6.59. The van der Waals surface area contributed by atoms with Crippen LogP contribution in [-0.4, -0.2) is 112 Å². The summed E-state index contributed by atoms with van der Waals surface area (Å²) in [5.74, 6) is 0.616. The van der Waals surface area contributed by atoms with Crippen molar-refractivity contribution in [3.63, 3.8) is 0 Å². The predicted octanol–water partition coefficient (Wildman–Crippen LogP) is 0.229. The Balaban J connectivity index is 1.22. The first-order valence-electron chi connectivity index (χ1n) is 10.9. The zero-order chi connectivity index (χ0) is 19.3. The summed E-state index contributed by atoms with van der Waals surface area (Å²) in [6, 6.07) is 0.644. The maximum absolute atomic E-state index is 13.0. The molecular weight excluding hydrogens is 354 g/mol. The number of carbonyl (C=O) groups excluding carboxylic acids is 1. The van der Waals surface area contributed by atoms with Crippen LogP contribution in [0.5, 0.6) is 0 Å². The summed E-state index contributed by atoms with van der Waals surface area (Å²) in [5.41, 5.74) is 0. The van der Waals surface area contributed by atoms with Crippen LogP contribution in [0, 0.1) is 5.92 Å². The van der Waals surface area contributed by atoms with Crippen molar-refractivity contribution in [2.24, 2.45) is 5.92 Å². The number of nitrogens with zero attached hydrogens (tertiary/aromatic N) is 7. The molecule has 3 aliphatic heterocycles. The molecule has 3 aliphatic rings. The highest BCUT2D eigenvalue weighted by atomic mass is 16.2. The number of piperazine rings is 1. The second-order valence-electron chi connectivity index (χ2n) is 8.69. The van der Waals surface area contributed by atoms with Crippen molar-refractivity contribution in [1.82, 2.24) is 34.4 Å². The van der Waals surface area contributed by atoms with Gasteiger partial charge in [-0.15, -0.1) is 0 Å². The zero-order valence-electron chi connectivity index (χ0n) is 17.2. The highest BCUT2D eigenvalue weighted by Gasteiger charge is 2.34. The molecule has 0 aromatic carbocycles. The van der Waals surface area contributed by atoms with E-state index in [4.69, 9.17) is 0 Å². The number of likely N-dealkylation sites (N-methyl/N-ethyl adjacent to an activating group) is 1. The minimum Gasteiger partial charge on any atom is -0.340 e. The van der Waals surface area contributed by atoms with Gasteiger partial charge in [0.05, 0.1) is 12.5 Å². The third kappa shape index (κ3) is 4.90. The Hall–Kier alpha value is -1.51. The number of amides is 1. The lowest BCUT2D eigenvalue weighted by Crippen LogP contribution is -2.54. The van der Waals surface area contributed by atoms with E-state index in [0.717, 1.165) is 78.3 Å². The van der Waals surface area contributed by atoms with E-state index in [1.807, 2.05) is 4.68 Å². The average molecular weight is 390 g/mol. The van der Waals surface area contributed by atoms with Gasteiger partial charge in [0.15, 0.2) is 0 Å². The molecule has 1 aromatic rings. The lowest BCUT2D eigenvalue weighted by atomic mass is 9.92. The van der Waals surface area contributed by atoms with Crippen LogP contribution in [0.15, 0.2) is 12.7 Å². The highest BCUT2D eigenvalue weighted by molar-refractivity contribution is 5.79. The number of hydrogen-bond donors (Lipinski definition) is 0. The summed E-state index contributed by atoms with van der Waals surface area (Å²) in [5, 5.41) is 4.19. The normalized spacial score (nSPS) is 26.6. The molecule has 0 N–H and O–H groups in total. The van der Waals surface area contributed by atoms with Crippen LogP contribution in [0.25, 0.3) is 0 Å². The van der Waals surface area contributed by atoms with Crippen LogP contribution in [0.1, 0.15) is 25.7 Å². The molecule has 0 saturated carbocycles. The van der Waals surface area contributed by atoms with Crippen LogP contribution in [0.4, 0.5) is 0 Å². The molecule has 0 unspecified atom stereocenters. The van der Waals surface area contributed by atoms with Gasteiger partial charge in [-0.05, 0) is 52.4 Å². The second-order valence-corrected chi connectivity index (χ2v) is 8.69. The van der Waals surface area contributed by atoms with Crippen molar-refractivity contribution < 1.29 is 4.79 Å². The Morgan fingerprint density at radius 1 is 1.00 bits per heavy atom. The van der Waals surface area contributed by atoms with Gasteiger partial charge in [0.2, 0.25) is 5.91 Å². The smallest absolute Gasteiger partial charge is 0.227 e. The summed E-state index contributed by atoms with van der Waals surface area (Å²) in [6.45, 7) is 10.2.